The van der Waals surface area contributed by atoms with Gasteiger partial charge in [0.2, 0.25) is 0 Å². The molecule has 0 saturated heterocycles. The van der Waals surface area contributed by atoms with Crippen molar-refractivity contribution in [1.82, 2.24) is 0 Å². The summed E-state index contributed by atoms with van der Waals surface area (Å²) in [4.78, 5) is 9.00. The number of aliphatic carboxylic acids is 1. The van der Waals surface area contributed by atoms with E-state index < -0.39 is 5.97 Å². The summed E-state index contributed by atoms with van der Waals surface area (Å²) in [6.45, 7) is 1.08. The molecule has 0 heterocycles. The van der Waals surface area contributed by atoms with E-state index in [9.17, 15) is 0 Å². The van der Waals surface area contributed by atoms with Crippen LogP contribution < -0.4 is 0 Å². The average molecular weight is 89.9 g/mol. The second-order valence-electron chi connectivity index (χ2n) is 0.519. The zero-order valence-corrected chi connectivity index (χ0v) is 3.31. The van der Waals surface area contributed by atoms with Crippen LogP contribution in [-0.4, -0.2) is 19.2 Å². The summed E-state index contributed by atoms with van der Waals surface area (Å²) in [6, 6.07) is 0. The highest BCUT2D eigenvalue weighted by molar-refractivity contribution is 5.96. The van der Waals surface area contributed by atoms with E-state index in [1.165, 1.54) is 0 Å². The van der Waals surface area contributed by atoms with Gasteiger partial charge in [0.1, 0.15) is 0 Å². The van der Waals surface area contributed by atoms with Gasteiger partial charge in [0.25, 0.3) is 5.97 Å². The Morgan fingerprint density at radius 1 is 1.83 bits per heavy atom. The highest BCUT2D eigenvalue weighted by Crippen LogP contribution is 1.42. The maximum Gasteiger partial charge on any atom is 0.350 e. The van der Waals surface area contributed by atoms with E-state index in [1.54, 1.807) is 0 Å². The van der Waals surface area contributed by atoms with Crippen molar-refractivity contribution in [1.29, 1.82) is 0 Å². The van der Waals surface area contributed by atoms with E-state index in [-0.39, 0.29) is 0 Å². The number of rotatable bonds is 0. The molecular formula is C2H4BFO2. The lowest BCUT2D eigenvalue weighted by Crippen LogP contribution is -1.78. The Balaban J connectivity index is 0. The molecule has 0 spiro atoms. The largest absolute Gasteiger partial charge is 0.481 e. The molecule has 2 radical (unpaired) electrons. The van der Waals surface area contributed by atoms with E-state index in [1.807, 2.05) is 0 Å². The Morgan fingerprint density at radius 3 is 1.83 bits per heavy atom. The molecule has 0 aromatic carbocycles. The second kappa shape index (κ2) is 8.82. The minimum atomic E-state index is -0.833. The van der Waals surface area contributed by atoms with Crippen molar-refractivity contribution >= 4 is 14.1 Å². The first-order chi connectivity index (χ1) is 2.73. The third kappa shape index (κ3) is 73.5. The first-order valence-corrected chi connectivity index (χ1v) is 1.15. The summed E-state index contributed by atoms with van der Waals surface area (Å²) >= 11 is 0. The van der Waals surface area contributed by atoms with Gasteiger partial charge in [0, 0.05) is 6.92 Å². The van der Waals surface area contributed by atoms with E-state index in [0.29, 0.717) is 0 Å². The molecule has 2 nitrogen and oxygen atoms in total. The Kier molecular flexibility index (Phi) is 13.3. The maximum atomic E-state index is 9.00. The highest BCUT2D eigenvalue weighted by atomic mass is 19.1. The predicted octanol–water partition coefficient (Wildman–Crippen LogP) is 0.130. The van der Waals surface area contributed by atoms with Crippen LogP contribution in [0.2, 0.25) is 0 Å². The Morgan fingerprint density at radius 2 is 1.83 bits per heavy atom. The van der Waals surface area contributed by atoms with Crippen LogP contribution in [0, 0.1) is 0 Å². The van der Waals surface area contributed by atoms with Gasteiger partial charge in [-0.1, -0.05) is 0 Å². The van der Waals surface area contributed by atoms with E-state index in [2.05, 4.69) is 8.12 Å². The third-order valence-corrected chi connectivity index (χ3v) is 0. The monoisotopic (exact) mass is 90.0 g/mol. The van der Waals surface area contributed by atoms with Crippen molar-refractivity contribution in [2.45, 2.75) is 6.92 Å². The molecule has 1 N–H and O–H groups in total. The average Bonchev–Trinajstić information content (AvgIpc) is 1.41. The smallest absolute Gasteiger partial charge is 0.350 e. The Labute approximate surface area is 36.4 Å². The van der Waals surface area contributed by atoms with Gasteiger partial charge in [0.05, 0.1) is 0 Å². The fraction of sp³-hybridized carbons (Fsp3) is 0.500. The zero-order valence-electron chi connectivity index (χ0n) is 3.31. The molecular weight excluding hydrogens is 85.8 g/mol. The lowest BCUT2D eigenvalue weighted by molar-refractivity contribution is -0.134. The fourth-order valence-corrected chi connectivity index (χ4v) is 0. The van der Waals surface area contributed by atoms with Crippen LogP contribution >= 0.6 is 0 Å². The number of hydrogen-bond acceptors (Lipinski definition) is 1. The van der Waals surface area contributed by atoms with Gasteiger partial charge in [-0.05, 0) is 0 Å². The van der Waals surface area contributed by atoms with E-state index in [0.717, 1.165) is 6.92 Å². The molecule has 0 rings (SSSR count). The molecule has 0 fully saturated rings. The molecule has 0 aliphatic rings. The summed E-state index contributed by atoms with van der Waals surface area (Å²) in [5.74, 6) is -0.833. The molecule has 0 amide bonds. The van der Waals surface area contributed by atoms with Gasteiger partial charge < -0.3 is 9.42 Å². The third-order valence-electron chi connectivity index (χ3n) is 0. The number of carboxylic acids is 1. The lowest BCUT2D eigenvalue weighted by atomic mass is 10.7. The molecule has 34 valence electrons. The van der Waals surface area contributed by atoms with Crippen LogP contribution in [0.3, 0.4) is 0 Å². The summed E-state index contributed by atoms with van der Waals surface area (Å²) in [6.07, 6.45) is 0. The number of halogens is 1. The maximum absolute atomic E-state index is 9.00. The zero-order chi connectivity index (χ0) is 5.58. The summed E-state index contributed by atoms with van der Waals surface area (Å²) in [7, 11) is 3.00. The molecule has 0 aromatic heterocycles. The van der Waals surface area contributed by atoms with Gasteiger partial charge in [-0.15, -0.1) is 0 Å². The molecule has 0 aliphatic carbocycles. The predicted molar refractivity (Wildman–Crippen MR) is 20.2 cm³/mol. The number of carbonyl (C=O) groups is 1. The summed E-state index contributed by atoms with van der Waals surface area (Å²) in [5.41, 5.74) is 0. The first kappa shape index (κ1) is 9.07. The molecule has 6 heavy (non-hydrogen) atoms. The van der Waals surface area contributed by atoms with Crippen molar-refractivity contribution in [2.75, 3.05) is 0 Å². The molecule has 0 aromatic rings. The van der Waals surface area contributed by atoms with Crippen LogP contribution in [0.25, 0.3) is 0 Å². The molecule has 0 atom stereocenters. The van der Waals surface area contributed by atoms with Crippen molar-refractivity contribution in [3.63, 3.8) is 0 Å². The van der Waals surface area contributed by atoms with Gasteiger partial charge in [0.15, 0.2) is 0 Å². The second-order valence-corrected chi connectivity index (χ2v) is 0.519. The minimum absolute atomic E-state index is 0.833. The minimum Gasteiger partial charge on any atom is -0.481 e. The summed E-state index contributed by atoms with van der Waals surface area (Å²) in [5, 5.41) is 7.42. The Bertz CT molecular complexity index is 34.5. The molecule has 0 aliphatic heterocycles. The standard InChI is InChI=1S/C2H4O2.BF/c1-2(3)4;1-2/h1H3,(H,3,4);. The van der Waals surface area contributed by atoms with Crippen LogP contribution in [0.5, 0.6) is 0 Å². The van der Waals surface area contributed by atoms with Crippen molar-refractivity contribution in [3.05, 3.63) is 0 Å². The lowest BCUT2D eigenvalue weighted by Gasteiger charge is -1.59. The quantitative estimate of drug-likeness (QED) is 0.429. The van der Waals surface area contributed by atoms with Crippen LogP contribution in [-0.2, 0) is 4.79 Å². The van der Waals surface area contributed by atoms with Crippen LogP contribution in [0.15, 0.2) is 0 Å². The van der Waals surface area contributed by atoms with Gasteiger partial charge in [-0.25, -0.2) is 0 Å². The topological polar surface area (TPSA) is 37.3 Å². The molecule has 0 bridgehead atoms. The molecule has 0 unspecified atom stereocenters. The summed E-state index contributed by atoms with van der Waals surface area (Å²) < 4.78 is 9.00. The van der Waals surface area contributed by atoms with E-state index >= 15 is 0 Å². The van der Waals surface area contributed by atoms with Crippen molar-refractivity contribution in [3.8, 4) is 0 Å². The Hall–Kier alpha value is -0.535. The van der Waals surface area contributed by atoms with Crippen LogP contribution in [0.4, 0.5) is 4.32 Å². The normalized spacial score (nSPS) is 5.00. The fourth-order valence-electron chi connectivity index (χ4n) is 0. The first-order valence-electron chi connectivity index (χ1n) is 1.15. The van der Waals surface area contributed by atoms with E-state index in [4.69, 9.17) is 14.2 Å². The van der Waals surface area contributed by atoms with Gasteiger partial charge in [-0.2, -0.15) is 0 Å². The van der Waals surface area contributed by atoms with Crippen molar-refractivity contribution in [2.24, 2.45) is 0 Å². The highest BCUT2D eigenvalue weighted by Gasteiger charge is 1.65. The number of hydrogen-bond donors (Lipinski definition) is 1. The van der Waals surface area contributed by atoms with Gasteiger partial charge >= 0.3 is 8.12 Å². The molecule has 0 saturated carbocycles. The van der Waals surface area contributed by atoms with Crippen molar-refractivity contribution < 1.29 is 14.2 Å². The van der Waals surface area contributed by atoms with Gasteiger partial charge in [-0.3, -0.25) is 4.79 Å². The molecule has 4 heteroatoms. The SMILES string of the molecule is CC(=O)O.[B]F. The van der Waals surface area contributed by atoms with Crippen LogP contribution in [0.1, 0.15) is 6.92 Å². The number of carboxylic acid groups (broad SMARTS) is 1.